The number of amides is 2. The first-order valence-corrected chi connectivity index (χ1v) is 11.7. The summed E-state index contributed by atoms with van der Waals surface area (Å²) in [7, 11) is 1.38. The first kappa shape index (κ1) is 28.9. The Morgan fingerprint density at radius 3 is 2.10 bits per heavy atom. The highest BCUT2D eigenvalue weighted by molar-refractivity contribution is 6.04. The molecule has 41 heavy (non-hydrogen) atoms. The predicted molar refractivity (Wildman–Crippen MR) is 139 cm³/mol. The highest BCUT2D eigenvalue weighted by atomic mass is 19.4. The van der Waals surface area contributed by atoms with Gasteiger partial charge in [0.25, 0.3) is 11.8 Å². The van der Waals surface area contributed by atoms with E-state index >= 15 is 0 Å². The van der Waals surface area contributed by atoms with Crippen molar-refractivity contribution in [2.24, 2.45) is 0 Å². The predicted octanol–water partition coefficient (Wildman–Crippen LogP) is 6.61. The van der Waals surface area contributed by atoms with Crippen LogP contribution in [-0.2, 0) is 12.4 Å². The van der Waals surface area contributed by atoms with Crippen LogP contribution in [0.2, 0.25) is 0 Å². The number of para-hydroxylation sites is 1. The second-order valence-electron chi connectivity index (χ2n) is 8.44. The number of nitrogens with one attached hydrogen (secondary N) is 4. The third-order valence-corrected chi connectivity index (χ3v) is 5.60. The number of hydrogen-bond donors (Lipinski definition) is 4. The van der Waals surface area contributed by atoms with Crippen LogP contribution < -0.4 is 21.3 Å². The fourth-order valence-corrected chi connectivity index (χ4v) is 3.60. The average Bonchev–Trinajstić information content (AvgIpc) is 2.93. The molecule has 0 bridgehead atoms. The summed E-state index contributed by atoms with van der Waals surface area (Å²) in [5, 5.41) is 10.2. The van der Waals surface area contributed by atoms with Gasteiger partial charge in [0.1, 0.15) is 11.4 Å². The maximum atomic E-state index is 13.7. The monoisotopic (exact) mass is 574 g/mol. The van der Waals surface area contributed by atoms with E-state index in [-0.39, 0.29) is 28.5 Å². The number of carbonyl (C=O) groups is 2. The molecule has 0 radical (unpaired) electrons. The molecule has 0 aliphatic heterocycles. The number of hydrogen-bond acceptors (Lipinski definition) is 6. The van der Waals surface area contributed by atoms with Gasteiger partial charge in [-0.2, -0.15) is 31.3 Å². The minimum absolute atomic E-state index is 0.0860. The van der Waals surface area contributed by atoms with Crippen LogP contribution in [0.15, 0.2) is 79.0 Å². The maximum absolute atomic E-state index is 13.7. The van der Waals surface area contributed by atoms with Gasteiger partial charge in [-0.05, 0) is 54.6 Å². The quantitative estimate of drug-likeness (QED) is 0.185. The smallest absolute Gasteiger partial charge is 0.355 e. The molecule has 4 aromatic rings. The van der Waals surface area contributed by atoms with Gasteiger partial charge in [0.05, 0.1) is 16.8 Å². The van der Waals surface area contributed by atoms with Crippen LogP contribution >= 0.6 is 0 Å². The van der Waals surface area contributed by atoms with Gasteiger partial charge in [0.15, 0.2) is 0 Å². The lowest BCUT2D eigenvalue weighted by Gasteiger charge is -2.16. The van der Waals surface area contributed by atoms with Crippen molar-refractivity contribution in [3.63, 3.8) is 0 Å². The highest BCUT2D eigenvalue weighted by Crippen LogP contribution is 2.36. The van der Waals surface area contributed by atoms with Crippen LogP contribution in [0.5, 0.6) is 0 Å². The van der Waals surface area contributed by atoms with Crippen LogP contribution in [0.3, 0.4) is 0 Å². The minimum Gasteiger partial charge on any atom is -0.355 e. The standard InChI is InChI=1S/C27H20F6N6O2/c1-34-24(41)19-7-2-3-8-21(19)38-22-20(27(31,32)33)14-35-25(39-22)37-18-11-9-17(10-12-18)36-23(40)15-5-4-6-16(13-15)26(28,29)30/h2-14H,1H3,(H,34,41)(H,36,40)(H2,35,37,38,39). The molecular formula is C27H20F6N6O2. The van der Waals surface area contributed by atoms with Crippen molar-refractivity contribution in [3.8, 4) is 0 Å². The molecule has 212 valence electrons. The summed E-state index contributed by atoms with van der Waals surface area (Å²) in [6, 6.07) is 15.6. The first-order valence-electron chi connectivity index (χ1n) is 11.7. The summed E-state index contributed by atoms with van der Waals surface area (Å²) in [6.07, 6.45) is -8.82. The molecule has 0 spiro atoms. The lowest BCUT2D eigenvalue weighted by molar-refractivity contribution is -0.138. The molecule has 4 rings (SSSR count). The van der Waals surface area contributed by atoms with Crippen molar-refractivity contribution >= 4 is 40.6 Å². The summed E-state index contributed by atoms with van der Waals surface area (Å²) < 4.78 is 79.8. The fraction of sp³-hybridized carbons (Fsp3) is 0.111. The van der Waals surface area contributed by atoms with Gasteiger partial charge in [-0.25, -0.2) is 4.98 Å². The summed E-state index contributed by atoms with van der Waals surface area (Å²) in [4.78, 5) is 32.3. The molecule has 8 nitrogen and oxygen atoms in total. The van der Waals surface area contributed by atoms with Gasteiger partial charge in [-0.15, -0.1) is 0 Å². The number of carbonyl (C=O) groups excluding carboxylic acids is 2. The Morgan fingerprint density at radius 1 is 0.756 bits per heavy atom. The van der Waals surface area contributed by atoms with Crippen molar-refractivity contribution in [2.45, 2.75) is 12.4 Å². The number of rotatable bonds is 7. The van der Waals surface area contributed by atoms with Crippen LogP contribution in [0.1, 0.15) is 31.8 Å². The summed E-state index contributed by atoms with van der Waals surface area (Å²) in [5.74, 6) is -2.10. The summed E-state index contributed by atoms with van der Waals surface area (Å²) >= 11 is 0. The molecule has 0 aliphatic rings. The molecule has 1 aromatic heterocycles. The summed E-state index contributed by atoms with van der Waals surface area (Å²) in [5.41, 5.74) is -1.56. The molecular weight excluding hydrogens is 554 g/mol. The normalized spacial score (nSPS) is 11.5. The Hall–Kier alpha value is -5.14. The number of aromatic nitrogens is 2. The van der Waals surface area contributed by atoms with Crippen molar-refractivity contribution in [1.82, 2.24) is 15.3 Å². The van der Waals surface area contributed by atoms with E-state index in [1.807, 2.05) is 0 Å². The van der Waals surface area contributed by atoms with E-state index in [0.29, 0.717) is 11.9 Å². The van der Waals surface area contributed by atoms with Crippen molar-refractivity contribution in [1.29, 1.82) is 0 Å². The Balaban J connectivity index is 1.53. The Bertz CT molecular complexity index is 1570. The Kier molecular flexibility index (Phi) is 8.12. The third kappa shape index (κ3) is 7.09. The van der Waals surface area contributed by atoms with E-state index in [0.717, 1.165) is 18.2 Å². The van der Waals surface area contributed by atoms with Crippen LogP contribution in [0.4, 0.5) is 55.2 Å². The Morgan fingerprint density at radius 2 is 1.44 bits per heavy atom. The van der Waals surface area contributed by atoms with Gasteiger partial charge < -0.3 is 21.3 Å². The lowest BCUT2D eigenvalue weighted by Crippen LogP contribution is -2.20. The molecule has 0 fully saturated rings. The average molecular weight is 574 g/mol. The molecule has 1 heterocycles. The highest BCUT2D eigenvalue weighted by Gasteiger charge is 2.36. The van der Waals surface area contributed by atoms with Crippen LogP contribution in [-0.4, -0.2) is 28.8 Å². The number of anilines is 5. The molecule has 3 aromatic carbocycles. The van der Waals surface area contributed by atoms with Crippen molar-refractivity contribution < 1.29 is 35.9 Å². The minimum atomic E-state index is -4.80. The lowest BCUT2D eigenvalue weighted by atomic mass is 10.1. The van der Waals surface area contributed by atoms with Gasteiger partial charge in [-0.3, -0.25) is 9.59 Å². The van der Waals surface area contributed by atoms with E-state index in [2.05, 4.69) is 31.2 Å². The zero-order chi connectivity index (χ0) is 29.8. The number of benzene rings is 3. The van der Waals surface area contributed by atoms with Gasteiger partial charge in [0.2, 0.25) is 5.95 Å². The molecule has 0 saturated heterocycles. The fourth-order valence-electron chi connectivity index (χ4n) is 3.60. The zero-order valence-corrected chi connectivity index (χ0v) is 21.0. The van der Waals surface area contributed by atoms with Gasteiger partial charge in [-0.1, -0.05) is 18.2 Å². The van der Waals surface area contributed by atoms with Gasteiger partial charge in [0, 0.05) is 30.2 Å². The summed E-state index contributed by atoms with van der Waals surface area (Å²) in [6.45, 7) is 0. The topological polar surface area (TPSA) is 108 Å². The molecule has 2 amide bonds. The zero-order valence-electron chi connectivity index (χ0n) is 21.0. The largest absolute Gasteiger partial charge is 0.421 e. The van der Waals surface area contributed by atoms with Crippen LogP contribution in [0, 0.1) is 0 Å². The molecule has 0 aliphatic carbocycles. The van der Waals surface area contributed by atoms with Gasteiger partial charge >= 0.3 is 12.4 Å². The molecule has 0 atom stereocenters. The molecule has 0 saturated carbocycles. The molecule has 14 heteroatoms. The number of alkyl halides is 6. The second kappa shape index (κ2) is 11.5. The molecule has 0 unspecified atom stereocenters. The van der Waals surface area contributed by atoms with Crippen molar-refractivity contribution in [3.05, 3.63) is 101 Å². The second-order valence-corrected chi connectivity index (χ2v) is 8.44. The van der Waals surface area contributed by atoms with E-state index < -0.39 is 41.1 Å². The van der Waals surface area contributed by atoms with Crippen LogP contribution in [0.25, 0.3) is 0 Å². The Labute approximate surface area is 228 Å². The molecule has 4 N–H and O–H groups in total. The maximum Gasteiger partial charge on any atom is 0.421 e. The van der Waals surface area contributed by atoms with E-state index in [9.17, 15) is 35.9 Å². The van der Waals surface area contributed by atoms with Crippen molar-refractivity contribution in [2.75, 3.05) is 23.0 Å². The SMILES string of the molecule is CNC(=O)c1ccccc1Nc1nc(Nc2ccc(NC(=O)c3cccc(C(F)(F)F)c3)cc2)ncc1C(F)(F)F. The number of halogens is 6. The third-order valence-electron chi connectivity index (χ3n) is 5.60. The van der Waals surface area contributed by atoms with E-state index in [4.69, 9.17) is 0 Å². The first-order chi connectivity index (χ1) is 19.3. The van der Waals surface area contributed by atoms with E-state index in [1.165, 1.54) is 55.6 Å². The van der Waals surface area contributed by atoms with E-state index in [1.54, 1.807) is 6.07 Å². The number of nitrogens with zero attached hydrogens (tertiary/aromatic N) is 2.